The number of rotatable bonds is 11. The number of carbonyl (C=O) groups excluding carboxylic acids is 3. The van der Waals surface area contributed by atoms with Gasteiger partial charge in [0, 0.05) is 58.9 Å². The molecule has 1 aliphatic carbocycles. The van der Waals surface area contributed by atoms with E-state index in [4.69, 9.17) is 9.72 Å². The monoisotopic (exact) mass is 570 g/mol. The number of ether oxygens (including phenoxy) is 1. The average Bonchev–Trinajstić information content (AvgIpc) is 3.70. The molecule has 0 bridgehead atoms. The third-order valence-electron chi connectivity index (χ3n) is 9.25. The van der Waals surface area contributed by atoms with Crippen LogP contribution >= 0.6 is 0 Å². The summed E-state index contributed by atoms with van der Waals surface area (Å²) in [6, 6.07) is 3.80. The molecule has 3 aliphatic rings. The van der Waals surface area contributed by atoms with Crippen molar-refractivity contribution in [3.05, 3.63) is 12.1 Å². The molecule has 2 aliphatic heterocycles. The van der Waals surface area contributed by atoms with Gasteiger partial charge in [0.1, 0.15) is 17.3 Å². The lowest BCUT2D eigenvalue weighted by Crippen LogP contribution is -2.57. The van der Waals surface area contributed by atoms with Crippen LogP contribution in [0.15, 0.2) is 12.1 Å². The van der Waals surface area contributed by atoms with Gasteiger partial charge in [0.25, 0.3) is 0 Å². The Bertz CT molecular complexity index is 1060. The van der Waals surface area contributed by atoms with E-state index in [-0.39, 0.29) is 18.4 Å². The summed E-state index contributed by atoms with van der Waals surface area (Å²) in [5, 5.41) is 0. The molecule has 228 valence electrons. The van der Waals surface area contributed by atoms with Crippen LogP contribution in [0.4, 0.5) is 17.3 Å². The van der Waals surface area contributed by atoms with Crippen molar-refractivity contribution in [2.75, 3.05) is 80.2 Å². The van der Waals surface area contributed by atoms with E-state index in [2.05, 4.69) is 54.5 Å². The lowest BCUT2D eigenvalue weighted by Gasteiger charge is -2.40. The molecular weight excluding hydrogens is 520 g/mol. The van der Waals surface area contributed by atoms with Crippen LogP contribution in [0, 0.1) is 5.41 Å². The van der Waals surface area contributed by atoms with Crippen molar-refractivity contribution in [2.24, 2.45) is 5.41 Å². The summed E-state index contributed by atoms with van der Waals surface area (Å²) in [5.74, 6) is 1.32. The molecule has 4 rings (SSSR count). The first kappa shape index (κ1) is 30.9. The number of anilines is 3. The number of likely N-dealkylation sites (tertiary alicyclic amines) is 1. The molecule has 1 saturated carbocycles. The molecule has 3 fully saturated rings. The molecule has 3 heterocycles. The van der Waals surface area contributed by atoms with Crippen molar-refractivity contribution in [1.29, 1.82) is 0 Å². The summed E-state index contributed by atoms with van der Waals surface area (Å²) in [5.41, 5.74) is -0.000902. The first-order chi connectivity index (χ1) is 19.8. The maximum absolute atomic E-state index is 13.8. The van der Waals surface area contributed by atoms with Crippen molar-refractivity contribution >= 4 is 35.1 Å². The summed E-state index contributed by atoms with van der Waals surface area (Å²) in [4.78, 5) is 56.3. The van der Waals surface area contributed by atoms with Gasteiger partial charge in [0.05, 0.1) is 12.3 Å². The highest BCUT2D eigenvalue weighted by Gasteiger charge is 2.53. The van der Waals surface area contributed by atoms with Gasteiger partial charge in [0.2, 0.25) is 11.8 Å². The fourth-order valence-electron chi connectivity index (χ4n) is 6.84. The smallest absolute Gasteiger partial charge is 0.321 e. The molecule has 0 spiro atoms. The number of nitrogens with zero attached hydrogens (tertiary/aromatic N) is 6. The van der Waals surface area contributed by atoms with Crippen LogP contribution in [-0.4, -0.2) is 104 Å². The highest BCUT2D eigenvalue weighted by atomic mass is 16.5. The van der Waals surface area contributed by atoms with Crippen molar-refractivity contribution < 1.29 is 19.1 Å². The van der Waals surface area contributed by atoms with Crippen molar-refractivity contribution in [3.63, 3.8) is 0 Å². The first-order valence-electron chi connectivity index (χ1n) is 15.9. The standard InChI is InChI=1S/C31H50N6O4/c1-6-33(7-2)24-15-16-26(34(8-3)9-4)32-27(24)35-20-22-36(23-21-35)28(38)25-14-13-19-37(25)29(39)31(17-11-12-18-31)30(40)41-10-5/h15-16,25H,6-14,17-23H2,1-5H3. The Morgan fingerprint density at radius 2 is 1.51 bits per heavy atom. The largest absolute Gasteiger partial charge is 0.465 e. The zero-order chi connectivity index (χ0) is 29.6. The Balaban J connectivity index is 1.49. The second kappa shape index (κ2) is 13.7. The Morgan fingerprint density at radius 1 is 0.878 bits per heavy atom. The minimum atomic E-state index is -1.13. The molecule has 0 N–H and O–H groups in total. The minimum Gasteiger partial charge on any atom is -0.465 e. The number of hydrogen-bond donors (Lipinski definition) is 0. The van der Waals surface area contributed by atoms with Crippen LogP contribution in [-0.2, 0) is 19.1 Å². The number of carbonyl (C=O) groups is 3. The zero-order valence-electron chi connectivity index (χ0n) is 25.9. The highest BCUT2D eigenvalue weighted by molar-refractivity contribution is 6.04. The lowest BCUT2D eigenvalue weighted by atomic mass is 9.84. The van der Waals surface area contributed by atoms with Crippen molar-refractivity contribution in [1.82, 2.24) is 14.8 Å². The van der Waals surface area contributed by atoms with Gasteiger partial charge < -0.3 is 29.2 Å². The Labute approximate surface area is 246 Å². The van der Waals surface area contributed by atoms with Crippen molar-refractivity contribution in [2.45, 2.75) is 79.2 Å². The molecule has 1 aromatic rings. The van der Waals surface area contributed by atoms with Crippen LogP contribution in [0.2, 0.25) is 0 Å². The van der Waals surface area contributed by atoms with Gasteiger partial charge in [-0.1, -0.05) is 12.8 Å². The van der Waals surface area contributed by atoms with E-state index in [1.165, 1.54) is 0 Å². The number of esters is 1. The van der Waals surface area contributed by atoms with Crippen LogP contribution in [0.5, 0.6) is 0 Å². The molecule has 1 unspecified atom stereocenters. The van der Waals surface area contributed by atoms with E-state index >= 15 is 0 Å². The summed E-state index contributed by atoms with van der Waals surface area (Å²) >= 11 is 0. The highest BCUT2D eigenvalue weighted by Crippen LogP contribution is 2.42. The summed E-state index contributed by atoms with van der Waals surface area (Å²) in [6.45, 7) is 17.3. The SMILES string of the molecule is CCOC(=O)C1(C(=O)N2CCCC2C(=O)N2CCN(c3nc(N(CC)CC)ccc3N(CC)CC)CC2)CCCC1. The zero-order valence-corrected chi connectivity index (χ0v) is 25.9. The van der Waals surface area contributed by atoms with Gasteiger partial charge in [-0.15, -0.1) is 0 Å². The van der Waals surface area contributed by atoms with Crippen LogP contribution in [0.3, 0.4) is 0 Å². The molecule has 1 aromatic heterocycles. The van der Waals surface area contributed by atoms with Gasteiger partial charge in [-0.05, 0) is 72.4 Å². The summed E-state index contributed by atoms with van der Waals surface area (Å²) < 4.78 is 5.36. The van der Waals surface area contributed by atoms with Gasteiger partial charge in [0.15, 0.2) is 5.82 Å². The molecular formula is C31H50N6O4. The van der Waals surface area contributed by atoms with E-state index < -0.39 is 17.4 Å². The number of aromatic nitrogens is 1. The molecule has 2 amide bonds. The molecule has 0 radical (unpaired) electrons. The van der Waals surface area contributed by atoms with E-state index in [0.29, 0.717) is 52.0 Å². The first-order valence-corrected chi connectivity index (χ1v) is 15.9. The molecule has 0 aromatic carbocycles. The Kier molecular flexibility index (Phi) is 10.4. The van der Waals surface area contributed by atoms with E-state index in [1.54, 1.807) is 11.8 Å². The molecule has 10 nitrogen and oxygen atoms in total. The van der Waals surface area contributed by atoms with Gasteiger partial charge in [-0.2, -0.15) is 0 Å². The van der Waals surface area contributed by atoms with Gasteiger partial charge >= 0.3 is 5.97 Å². The Morgan fingerprint density at radius 3 is 2.10 bits per heavy atom. The predicted molar refractivity (Wildman–Crippen MR) is 162 cm³/mol. The van der Waals surface area contributed by atoms with Crippen LogP contribution in [0.25, 0.3) is 0 Å². The second-order valence-electron chi connectivity index (χ2n) is 11.3. The lowest BCUT2D eigenvalue weighted by molar-refractivity contribution is -0.167. The maximum atomic E-state index is 13.8. The topological polar surface area (TPSA) is 89.5 Å². The maximum Gasteiger partial charge on any atom is 0.321 e. The van der Waals surface area contributed by atoms with Gasteiger partial charge in [-0.25, -0.2) is 4.98 Å². The predicted octanol–water partition coefficient (Wildman–Crippen LogP) is 3.54. The van der Waals surface area contributed by atoms with Crippen molar-refractivity contribution in [3.8, 4) is 0 Å². The van der Waals surface area contributed by atoms with E-state index in [0.717, 1.165) is 62.8 Å². The third-order valence-corrected chi connectivity index (χ3v) is 9.25. The number of amides is 2. The molecule has 1 atom stereocenters. The van der Waals surface area contributed by atoms with E-state index in [1.807, 2.05) is 4.90 Å². The fraction of sp³-hybridized carbons (Fsp3) is 0.742. The summed E-state index contributed by atoms with van der Waals surface area (Å²) in [6.07, 6.45) is 4.10. The quantitative estimate of drug-likeness (QED) is 0.295. The molecule has 2 saturated heterocycles. The number of hydrogen-bond acceptors (Lipinski definition) is 8. The molecule has 41 heavy (non-hydrogen) atoms. The normalized spacial score (nSPS) is 20.3. The fourth-order valence-corrected chi connectivity index (χ4v) is 6.84. The van der Waals surface area contributed by atoms with E-state index in [9.17, 15) is 14.4 Å². The van der Waals surface area contributed by atoms with Crippen LogP contribution < -0.4 is 14.7 Å². The van der Waals surface area contributed by atoms with Crippen LogP contribution in [0.1, 0.15) is 73.1 Å². The minimum absolute atomic E-state index is 0.00123. The number of piperazine rings is 1. The average molecular weight is 571 g/mol. The number of pyridine rings is 1. The third kappa shape index (κ3) is 6.11. The Hall–Kier alpha value is -3.04. The summed E-state index contributed by atoms with van der Waals surface area (Å²) in [7, 11) is 0. The van der Waals surface area contributed by atoms with Gasteiger partial charge in [-0.3, -0.25) is 14.4 Å². The molecule has 10 heteroatoms. The second-order valence-corrected chi connectivity index (χ2v) is 11.3.